The molecule has 1 saturated carbocycles. The molecule has 0 spiro atoms. The lowest BCUT2D eigenvalue weighted by atomic mass is 9.88. The monoisotopic (exact) mass is 361 g/mol. The van der Waals surface area contributed by atoms with Crippen molar-refractivity contribution in [1.29, 1.82) is 0 Å². The van der Waals surface area contributed by atoms with Gasteiger partial charge in [0.25, 0.3) is 5.89 Å². The molecule has 0 unspecified atom stereocenters. The summed E-state index contributed by atoms with van der Waals surface area (Å²) in [6, 6.07) is 6.15. The van der Waals surface area contributed by atoms with Crippen LogP contribution >= 0.6 is 0 Å². The van der Waals surface area contributed by atoms with E-state index in [-0.39, 0.29) is 30.1 Å². The maximum atomic E-state index is 13.5. The highest BCUT2D eigenvalue weighted by Crippen LogP contribution is 2.25. The molecule has 0 radical (unpaired) electrons. The van der Waals surface area contributed by atoms with Gasteiger partial charge in [-0.25, -0.2) is 4.39 Å². The van der Waals surface area contributed by atoms with Gasteiger partial charge >= 0.3 is 0 Å². The van der Waals surface area contributed by atoms with E-state index in [9.17, 15) is 9.18 Å². The van der Waals surface area contributed by atoms with Crippen LogP contribution < -0.4 is 4.74 Å². The van der Waals surface area contributed by atoms with E-state index in [0.29, 0.717) is 18.8 Å². The van der Waals surface area contributed by atoms with Crippen LogP contribution in [-0.4, -0.2) is 34.5 Å². The number of halogens is 1. The second-order valence-electron chi connectivity index (χ2n) is 6.67. The molecule has 1 amide bonds. The molecule has 26 heavy (non-hydrogen) atoms. The predicted octanol–water partition coefficient (Wildman–Crippen LogP) is 3.37. The molecule has 3 rings (SSSR count). The first-order valence-electron chi connectivity index (χ1n) is 9.07. The number of nitrogens with zero attached hydrogens (tertiary/aromatic N) is 3. The molecule has 1 aliphatic rings. The van der Waals surface area contributed by atoms with E-state index >= 15 is 0 Å². The van der Waals surface area contributed by atoms with Crippen LogP contribution in [-0.2, 0) is 17.8 Å². The van der Waals surface area contributed by atoms with E-state index in [1.807, 2.05) is 7.05 Å². The summed E-state index contributed by atoms with van der Waals surface area (Å²) in [5.74, 6) is 0.866. The first kappa shape index (κ1) is 18.4. The summed E-state index contributed by atoms with van der Waals surface area (Å²) in [6.45, 7) is 0.549. The van der Waals surface area contributed by atoms with E-state index < -0.39 is 5.82 Å². The van der Waals surface area contributed by atoms with Gasteiger partial charge in [-0.3, -0.25) is 4.79 Å². The Labute approximate surface area is 152 Å². The van der Waals surface area contributed by atoms with Crippen molar-refractivity contribution in [3.8, 4) is 5.75 Å². The number of amides is 1. The summed E-state index contributed by atoms with van der Waals surface area (Å²) < 4.78 is 24.0. The summed E-state index contributed by atoms with van der Waals surface area (Å²) in [5.41, 5.74) is 0. The van der Waals surface area contributed by atoms with Crippen LogP contribution in [0, 0.1) is 11.7 Å². The smallest absolute Gasteiger partial charge is 0.264 e. The van der Waals surface area contributed by atoms with E-state index in [1.165, 1.54) is 12.5 Å². The minimum absolute atomic E-state index is 0.00474. The fourth-order valence-corrected chi connectivity index (χ4v) is 3.19. The molecule has 0 saturated heterocycles. The molecule has 0 atom stereocenters. The summed E-state index contributed by atoms with van der Waals surface area (Å²) in [7, 11) is 1.82. The van der Waals surface area contributed by atoms with Crippen molar-refractivity contribution in [3.05, 3.63) is 41.8 Å². The Hall–Kier alpha value is -2.44. The van der Waals surface area contributed by atoms with Gasteiger partial charge in [0.15, 0.2) is 24.0 Å². The predicted molar refractivity (Wildman–Crippen MR) is 92.9 cm³/mol. The highest BCUT2D eigenvalue weighted by molar-refractivity contribution is 5.78. The number of benzene rings is 1. The Morgan fingerprint density at radius 1 is 1.31 bits per heavy atom. The Morgan fingerprint density at radius 2 is 2.08 bits per heavy atom. The van der Waals surface area contributed by atoms with Crippen molar-refractivity contribution < 1.29 is 18.4 Å². The summed E-state index contributed by atoms with van der Waals surface area (Å²) >= 11 is 0. The number of carbonyl (C=O) groups is 1. The second kappa shape index (κ2) is 8.78. The average molecular weight is 361 g/mol. The lowest BCUT2D eigenvalue weighted by Gasteiger charge is -2.26. The van der Waals surface area contributed by atoms with Crippen molar-refractivity contribution >= 4 is 5.91 Å². The van der Waals surface area contributed by atoms with Crippen molar-refractivity contribution in [2.75, 3.05) is 13.6 Å². The number of hydrogen-bond donors (Lipinski definition) is 0. The van der Waals surface area contributed by atoms with Gasteiger partial charge in [-0.1, -0.05) is 36.6 Å². The van der Waals surface area contributed by atoms with Crippen molar-refractivity contribution in [3.63, 3.8) is 0 Å². The first-order valence-corrected chi connectivity index (χ1v) is 9.07. The lowest BCUT2D eigenvalue weighted by molar-refractivity contribution is -0.135. The number of likely N-dealkylation sites (N-methyl/N-ethyl adjacent to an activating group) is 1. The number of para-hydroxylation sites is 1. The number of hydrogen-bond acceptors (Lipinski definition) is 5. The minimum Gasteiger partial charge on any atom is -0.481 e. The topological polar surface area (TPSA) is 68.5 Å². The van der Waals surface area contributed by atoms with Crippen LogP contribution in [0.2, 0.25) is 0 Å². The third kappa shape index (κ3) is 4.80. The van der Waals surface area contributed by atoms with Crippen LogP contribution in [0.1, 0.15) is 43.8 Å². The van der Waals surface area contributed by atoms with E-state index in [4.69, 9.17) is 9.26 Å². The van der Waals surface area contributed by atoms with Crippen LogP contribution in [0.25, 0.3) is 0 Å². The maximum Gasteiger partial charge on any atom is 0.264 e. The molecule has 7 heteroatoms. The fraction of sp³-hybridized carbons (Fsp3) is 0.526. The van der Waals surface area contributed by atoms with Crippen molar-refractivity contribution in [1.82, 2.24) is 15.0 Å². The van der Waals surface area contributed by atoms with Crippen LogP contribution in [0.15, 0.2) is 28.8 Å². The minimum atomic E-state index is -0.435. The van der Waals surface area contributed by atoms with Gasteiger partial charge in [0.05, 0.1) is 0 Å². The third-order valence-electron chi connectivity index (χ3n) is 4.70. The van der Waals surface area contributed by atoms with Crippen LogP contribution in [0.4, 0.5) is 4.39 Å². The molecular formula is C19H24FN3O3. The highest BCUT2D eigenvalue weighted by atomic mass is 19.1. The molecule has 2 aromatic rings. The number of rotatable bonds is 7. The largest absolute Gasteiger partial charge is 0.481 e. The van der Waals surface area contributed by atoms with Gasteiger partial charge in [0.1, 0.15) is 0 Å². The molecule has 1 aliphatic carbocycles. The molecule has 6 nitrogen and oxygen atoms in total. The van der Waals surface area contributed by atoms with E-state index in [0.717, 1.165) is 25.7 Å². The molecular weight excluding hydrogens is 337 g/mol. The van der Waals surface area contributed by atoms with E-state index in [1.54, 1.807) is 23.1 Å². The number of aromatic nitrogens is 2. The van der Waals surface area contributed by atoms with Crippen LogP contribution in [0.3, 0.4) is 0 Å². The second-order valence-corrected chi connectivity index (χ2v) is 6.67. The molecule has 0 bridgehead atoms. The molecule has 1 fully saturated rings. The van der Waals surface area contributed by atoms with Gasteiger partial charge in [-0.2, -0.15) is 4.98 Å². The Morgan fingerprint density at radius 3 is 2.85 bits per heavy atom. The normalized spacial score (nSPS) is 15.0. The zero-order valence-corrected chi connectivity index (χ0v) is 15.0. The van der Waals surface area contributed by atoms with Crippen molar-refractivity contribution in [2.24, 2.45) is 5.92 Å². The Balaban J connectivity index is 1.46. The number of carbonyl (C=O) groups excluding carboxylic acids is 1. The molecule has 1 heterocycles. The molecule has 140 valence electrons. The zero-order chi connectivity index (χ0) is 18.4. The SMILES string of the molecule is CN(CCc1noc(COc2ccccc2F)n1)C(=O)C1CCCCC1. The number of ether oxygens (including phenoxy) is 1. The summed E-state index contributed by atoms with van der Waals surface area (Å²) in [6.07, 6.45) is 6.00. The molecule has 1 aromatic heterocycles. The van der Waals surface area contributed by atoms with Gasteiger partial charge < -0.3 is 14.2 Å². The average Bonchev–Trinajstić information content (AvgIpc) is 3.13. The molecule has 0 N–H and O–H groups in total. The van der Waals surface area contributed by atoms with E-state index in [2.05, 4.69) is 10.1 Å². The van der Waals surface area contributed by atoms with Crippen molar-refractivity contribution in [2.45, 2.75) is 45.1 Å². The van der Waals surface area contributed by atoms with Crippen LogP contribution in [0.5, 0.6) is 5.75 Å². The molecule has 1 aromatic carbocycles. The highest BCUT2D eigenvalue weighted by Gasteiger charge is 2.24. The standard InChI is InChI=1S/C19H24FN3O3/c1-23(19(24)14-7-3-2-4-8-14)12-11-17-21-18(26-22-17)13-25-16-10-6-5-9-15(16)20/h5-6,9-10,14H,2-4,7-8,11-13H2,1H3. The van der Waals surface area contributed by atoms with Gasteiger partial charge in [0, 0.05) is 25.9 Å². The third-order valence-corrected chi connectivity index (χ3v) is 4.70. The Bertz CT molecular complexity index is 728. The molecule has 0 aliphatic heterocycles. The summed E-state index contributed by atoms with van der Waals surface area (Å²) in [4.78, 5) is 18.4. The first-order chi connectivity index (χ1) is 12.6. The maximum absolute atomic E-state index is 13.5. The summed E-state index contributed by atoms with van der Waals surface area (Å²) in [5, 5.41) is 3.90. The quantitative estimate of drug-likeness (QED) is 0.756. The fourth-order valence-electron chi connectivity index (χ4n) is 3.19. The Kier molecular flexibility index (Phi) is 6.20. The zero-order valence-electron chi connectivity index (χ0n) is 15.0. The van der Waals surface area contributed by atoms with Gasteiger partial charge in [-0.05, 0) is 25.0 Å². The lowest BCUT2D eigenvalue weighted by Crippen LogP contribution is -2.35. The van der Waals surface area contributed by atoms with Gasteiger partial charge in [0.2, 0.25) is 5.91 Å². The van der Waals surface area contributed by atoms with Gasteiger partial charge in [-0.15, -0.1) is 0 Å².